The van der Waals surface area contributed by atoms with Crippen LogP contribution in [0.5, 0.6) is 5.75 Å². The molecular formula is C22H20Cl2N2O4S. The Bertz CT molecular complexity index is 1200. The number of hydrogen-bond donors (Lipinski definition) is 1. The Hall–Kier alpha value is -2.58. The van der Waals surface area contributed by atoms with Gasteiger partial charge in [0.2, 0.25) is 10.0 Å². The van der Waals surface area contributed by atoms with Crippen molar-refractivity contribution in [3.05, 3.63) is 87.9 Å². The molecule has 0 bridgehead atoms. The second-order valence-electron chi connectivity index (χ2n) is 6.67. The molecule has 162 valence electrons. The minimum absolute atomic E-state index is 0.113. The van der Waals surface area contributed by atoms with Gasteiger partial charge in [-0.1, -0.05) is 59.6 Å². The zero-order chi connectivity index (χ0) is 22.6. The van der Waals surface area contributed by atoms with Gasteiger partial charge in [0.25, 0.3) is 5.91 Å². The summed E-state index contributed by atoms with van der Waals surface area (Å²) >= 11 is 12.1. The normalized spacial score (nSPS) is 11.4. The molecule has 1 amide bonds. The van der Waals surface area contributed by atoms with Crippen molar-refractivity contribution < 1.29 is 17.9 Å². The third-order valence-corrected chi connectivity index (χ3v) is 7.21. The molecule has 0 radical (unpaired) electrons. The van der Waals surface area contributed by atoms with E-state index in [4.69, 9.17) is 27.9 Å². The predicted octanol–water partition coefficient (Wildman–Crippen LogP) is 5.08. The van der Waals surface area contributed by atoms with Crippen LogP contribution in [0.1, 0.15) is 15.9 Å². The van der Waals surface area contributed by atoms with E-state index in [-0.39, 0.29) is 27.8 Å². The number of rotatable bonds is 7. The van der Waals surface area contributed by atoms with Gasteiger partial charge >= 0.3 is 0 Å². The summed E-state index contributed by atoms with van der Waals surface area (Å²) in [6.45, 7) is 0.168. The highest BCUT2D eigenvalue weighted by Crippen LogP contribution is 2.31. The molecule has 3 aromatic carbocycles. The SMILES string of the molecule is COc1ccc(C(=O)Nc2cccc(Cl)c2Cl)cc1S(=O)(=O)N(C)Cc1ccccc1. The number of halogens is 2. The van der Waals surface area contributed by atoms with Gasteiger partial charge in [0.15, 0.2) is 0 Å². The van der Waals surface area contributed by atoms with Gasteiger partial charge in [0.05, 0.1) is 22.8 Å². The largest absolute Gasteiger partial charge is 0.495 e. The average molecular weight is 479 g/mol. The van der Waals surface area contributed by atoms with E-state index < -0.39 is 15.9 Å². The van der Waals surface area contributed by atoms with Crippen molar-refractivity contribution in [3.63, 3.8) is 0 Å². The first-order chi connectivity index (χ1) is 14.7. The maximum absolute atomic E-state index is 13.2. The number of sulfonamides is 1. The molecule has 0 fully saturated rings. The van der Waals surface area contributed by atoms with E-state index >= 15 is 0 Å². The van der Waals surface area contributed by atoms with Gasteiger partial charge in [-0.2, -0.15) is 4.31 Å². The summed E-state index contributed by atoms with van der Waals surface area (Å²) < 4.78 is 32.9. The van der Waals surface area contributed by atoms with Crippen LogP contribution >= 0.6 is 23.2 Å². The first-order valence-electron chi connectivity index (χ1n) is 9.17. The van der Waals surface area contributed by atoms with Crippen LogP contribution in [-0.2, 0) is 16.6 Å². The van der Waals surface area contributed by atoms with Crippen LogP contribution in [0.3, 0.4) is 0 Å². The molecule has 0 aliphatic rings. The number of carbonyl (C=O) groups is 1. The lowest BCUT2D eigenvalue weighted by Gasteiger charge is -2.19. The lowest BCUT2D eigenvalue weighted by atomic mass is 10.2. The Labute approximate surface area is 191 Å². The molecule has 0 aromatic heterocycles. The molecular weight excluding hydrogens is 459 g/mol. The molecule has 9 heteroatoms. The van der Waals surface area contributed by atoms with E-state index in [0.29, 0.717) is 10.7 Å². The number of methoxy groups -OCH3 is 1. The van der Waals surface area contributed by atoms with E-state index in [1.54, 1.807) is 18.2 Å². The van der Waals surface area contributed by atoms with Crippen molar-refractivity contribution in [2.75, 3.05) is 19.5 Å². The van der Waals surface area contributed by atoms with Crippen LogP contribution in [-0.4, -0.2) is 32.8 Å². The fourth-order valence-electron chi connectivity index (χ4n) is 2.91. The van der Waals surface area contributed by atoms with Crippen LogP contribution in [0.25, 0.3) is 0 Å². The molecule has 1 N–H and O–H groups in total. The summed E-state index contributed by atoms with van der Waals surface area (Å²) in [6, 6.07) is 18.2. The smallest absolute Gasteiger partial charge is 0.255 e. The molecule has 0 saturated heterocycles. The zero-order valence-electron chi connectivity index (χ0n) is 16.8. The van der Waals surface area contributed by atoms with Crippen molar-refractivity contribution in [3.8, 4) is 5.75 Å². The van der Waals surface area contributed by atoms with Gasteiger partial charge in [-0.25, -0.2) is 8.42 Å². The van der Waals surface area contributed by atoms with E-state index in [9.17, 15) is 13.2 Å². The van der Waals surface area contributed by atoms with E-state index in [0.717, 1.165) is 5.56 Å². The minimum Gasteiger partial charge on any atom is -0.495 e. The standard InChI is InChI=1S/C22H20Cl2N2O4S/c1-26(14-15-7-4-3-5-8-15)31(28,29)20-13-16(11-12-19(20)30-2)22(27)25-18-10-6-9-17(23)21(18)24/h3-13H,14H2,1-2H3,(H,25,27). The Kier molecular flexibility index (Phi) is 7.23. The fourth-order valence-corrected chi connectivity index (χ4v) is 4.59. The molecule has 0 aliphatic carbocycles. The highest BCUT2D eigenvalue weighted by atomic mass is 35.5. The van der Waals surface area contributed by atoms with Gasteiger partial charge in [-0.3, -0.25) is 4.79 Å². The molecule has 0 heterocycles. The fraction of sp³-hybridized carbons (Fsp3) is 0.136. The molecule has 31 heavy (non-hydrogen) atoms. The number of anilines is 1. The highest BCUT2D eigenvalue weighted by Gasteiger charge is 2.26. The second-order valence-corrected chi connectivity index (χ2v) is 9.47. The van der Waals surface area contributed by atoms with Crippen molar-refractivity contribution in [2.45, 2.75) is 11.4 Å². The molecule has 3 aromatic rings. The molecule has 0 spiro atoms. The number of amides is 1. The average Bonchev–Trinajstić information content (AvgIpc) is 2.77. The molecule has 0 aliphatic heterocycles. The van der Waals surface area contributed by atoms with E-state index in [1.165, 1.54) is 36.7 Å². The molecule has 6 nitrogen and oxygen atoms in total. The monoisotopic (exact) mass is 478 g/mol. The lowest BCUT2D eigenvalue weighted by Crippen LogP contribution is -2.27. The molecule has 0 saturated carbocycles. The van der Waals surface area contributed by atoms with Crippen LogP contribution < -0.4 is 10.1 Å². The van der Waals surface area contributed by atoms with E-state index in [1.807, 2.05) is 30.3 Å². The summed E-state index contributed by atoms with van der Waals surface area (Å²) in [6.07, 6.45) is 0. The van der Waals surface area contributed by atoms with Crippen molar-refractivity contribution in [2.24, 2.45) is 0 Å². The lowest BCUT2D eigenvalue weighted by molar-refractivity contribution is 0.102. The van der Waals surface area contributed by atoms with Gasteiger partial charge < -0.3 is 10.1 Å². The molecule has 0 atom stereocenters. The van der Waals surface area contributed by atoms with Gasteiger partial charge in [-0.15, -0.1) is 0 Å². The number of ether oxygens (including phenoxy) is 1. The van der Waals surface area contributed by atoms with Crippen LogP contribution in [0, 0.1) is 0 Å². The number of hydrogen-bond acceptors (Lipinski definition) is 4. The van der Waals surface area contributed by atoms with Crippen molar-refractivity contribution >= 4 is 44.8 Å². The van der Waals surface area contributed by atoms with Crippen LogP contribution in [0.2, 0.25) is 10.0 Å². The van der Waals surface area contributed by atoms with Gasteiger partial charge in [0, 0.05) is 19.2 Å². The van der Waals surface area contributed by atoms with Gasteiger partial charge in [0.1, 0.15) is 10.6 Å². The third-order valence-electron chi connectivity index (χ3n) is 4.56. The summed E-state index contributed by atoms with van der Waals surface area (Å²) in [4.78, 5) is 12.6. The van der Waals surface area contributed by atoms with Crippen molar-refractivity contribution in [1.82, 2.24) is 4.31 Å². The van der Waals surface area contributed by atoms with Crippen LogP contribution in [0.4, 0.5) is 5.69 Å². The van der Waals surface area contributed by atoms with Crippen molar-refractivity contribution in [1.29, 1.82) is 0 Å². The Morgan fingerprint density at radius 1 is 1.03 bits per heavy atom. The summed E-state index contributed by atoms with van der Waals surface area (Å²) in [7, 11) is -1.10. The van der Waals surface area contributed by atoms with E-state index in [2.05, 4.69) is 5.32 Å². The number of carbonyl (C=O) groups excluding carboxylic acids is 1. The number of nitrogens with one attached hydrogen (secondary N) is 1. The Morgan fingerprint density at radius 3 is 2.42 bits per heavy atom. The first-order valence-corrected chi connectivity index (χ1v) is 11.4. The summed E-state index contributed by atoms with van der Waals surface area (Å²) in [5.74, 6) is -0.397. The number of nitrogens with zero attached hydrogens (tertiary/aromatic N) is 1. The van der Waals surface area contributed by atoms with Gasteiger partial charge in [-0.05, 0) is 35.9 Å². The summed E-state index contributed by atoms with van der Waals surface area (Å²) in [5.41, 5.74) is 1.28. The predicted molar refractivity (Wildman–Crippen MR) is 123 cm³/mol. The Morgan fingerprint density at radius 2 is 1.74 bits per heavy atom. The maximum Gasteiger partial charge on any atom is 0.255 e. The Balaban J connectivity index is 1.92. The maximum atomic E-state index is 13.2. The zero-order valence-corrected chi connectivity index (χ0v) is 19.1. The first kappa shape index (κ1) is 23.1. The van der Waals surface area contributed by atoms with Crippen LogP contribution in [0.15, 0.2) is 71.6 Å². The third kappa shape index (κ3) is 5.19. The quantitative estimate of drug-likeness (QED) is 0.513. The highest BCUT2D eigenvalue weighted by molar-refractivity contribution is 7.89. The number of benzene rings is 3. The minimum atomic E-state index is -3.94. The summed E-state index contributed by atoms with van der Waals surface area (Å²) in [5, 5.41) is 3.14. The molecule has 0 unspecified atom stereocenters. The second kappa shape index (κ2) is 9.70. The topological polar surface area (TPSA) is 75.7 Å². The molecule has 3 rings (SSSR count).